The fraction of sp³-hybridized carbons (Fsp3) is 0.400. The third kappa shape index (κ3) is 2.69. The van der Waals surface area contributed by atoms with Gasteiger partial charge in [0, 0.05) is 5.57 Å². The van der Waals surface area contributed by atoms with E-state index in [2.05, 4.69) is 24.5 Å². The molecule has 0 bridgehead atoms. The lowest BCUT2D eigenvalue weighted by atomic mass is 10.3. The molecule has 0 radical (unpaired) electrons. The largest absolute Gasteiger partial charge is 0.344 e. The molecule has 0 aliphatic heterocycles. The van der Waals surface area contributed by atoms with E-state index in [0.717, 1.165) is 0 Å². The highest BCUT2D eigenvalue weighted by atomic mass is 32.1. The second kappa shape index (κ2) is 3.55. The topological polar surface area (TPSA) is 29.1 Å². The Morgan fingerprint density at radius 1 is 1.88 bits per heavy atom. The maximum atomic E-state index is 10.5. The van der Waals surface area contributed by atoms with Gasteiger partial charge in [-0.05, 0) is 6.92 Å². The Morgan fingerprint density at radius 2 is 2.38 bits per heavy atom. The SMILES string of the molecule is C=C(C)C(=O)NCS. The van der Waals surface area contributed by atoms with Gasteiger partial charge < -0.3 is 5.32 Å². The number of hydrogen-bond donors (Lipinski definition) is 2. The molecule has 0 atom stereocenters. The van der Waals surface area contributed by atoms with Crippen molar-refractivity contribution in [3.63, 3.8) is 0 Å². The predicted octanol–water partition coefficient (Wildman–Crippen LogP) is 0.566. The van der Waals surface area contributed by atoms with Crippen LogP contribution in [0.15, 0.2) is 12.2 Å². The number of carbonyl (C=O) groups excluding carboxylic acids is 1. The van der Waals surface area contributed by atoms with Gasteiger partial charge in [-0.25, -0.2) is 0 Å². The Labute approximate surface area is 54.4 Å². The van der Waals surface area contributed by atoms with Crippen LogP contribution in [0, 0.1) is 0 Å². The molecule has 0 saturated carbocycles. The van der Waals surface area contributed by atoms with Gasteiger partial charge in [-0.3, -0.25) is 4.79 Å². The van der Waals surface area contributed by atoms with Crippen molar-refractivity contribution in [3.8, 4) is 0 Å². The molecule has 0 spiro atoms. The summed E-state index contributed by atoms with van der Waals surface area (Å²) < 4.78 is 0. The normalized spacial score (nSPS) is 8.25. The second-order valence-corrected chi connectivity index (χ2v) is 1.76. The Bertz CT molecular complexity index is 111. The van der Waals surface area contributed by atoms with Crippen molar-refractivity contribution >= 4 is 18.5 Å². The van der Waals surface area contributed by atoms with Crippen LogP contribution in [0.3, 0.4) is 0 Å². The van der Waals surface area contributed by atoms with E-state index in [-0.39, 0.29) is 5.91 Å². The number of rotatable bonds is 2. The maximum Gasteiger partial charge on any atom is 0.246 e. The van der Waals surface area contributed by atoms with Gasteiger partial charge in [-0.15, -0.1) is 0 Å². The van der Waals surface area contributed by atoms with Gasteiger partial charge in [-0.2, -0.15) is 12.6 Å². The van der Waals surface area contributed by atoms with Crippen molar-refractivity contribution in [1.29, 1.82) is 0 Å². The van der Waals surface area contributed by atoms with E-state index < -0.39 is 0 Å². The number of amides is 1. The molecule has 0 rings (SSSR count). The molecule has 0 aromatic rings. The van der Waals surface area contributed by atoms with Crippen LogP contribution in [-0.4, -0.2) is 11.8 Å². The van der Waals surface area contributed by atoms with E-state index in [1.807, 2.05) is 0 Å². The monoisotopic (exact) mass is 131 g/mol. The summed E-state index contributed by atoms with van der Waals surface area (Å²) in [7, 11) is 0. The lowest BCUT2D eigenvalue weighted by Crippen LogP contribution is -2.21. The molecule has 0 fully saturated rings. The number of nitrogens with one attached hydrogen (secondary N) is 1. The first-order valence-electron chi connectivity index (χ1n) is 2.23. The standard InChI is InChI=1S/C5H9NOS/c1-4(2)5(7)6-3-8/h8H,1,3H2,2H3,(H,6,7). The molecule has 1 N–H and O–H groups in total. The molecule has 46 valence electrons. The van der Waals surface area contributed by atoms with Crippen molar-refractivity contribution in [1.82, 2.24) is 5.32 Å². The summed E-state index contributed by atoms with van der Waals surface area (Å²) in [6, 6.07) is 0. The Kier molecular flexibility index (Phi) is 3.35. The van der Waals surface area contributed by atoms with Gasteiger partial charge in [0.25, 0.3) is 0 Å². The summed E-state index contributed by atoms with van der Waals surface area (Å²) in [4.78, 5) is 10.5. The summed E-state index contributed by atoms with van der Waals surface area (Å²) in [5, 5.41) is 2.47. The fourth-order valence-corrected chi connectivity index (χ4v) is 0.366. The van der Waals surface area contributed by atoms with E-state index in [1.165, 1.54) is 0 Å². The molecule has 0 aliphatic carbocycles. The number of thiol groups is 1. The zero-order chi connectivity index (χ0) is 6.57. The van der Waals surface area contributed by atoms with Gasteiger partial charge in [0.2, 0.25) is 5.91 Å². The summed E-state index contributed by atoms with van der Waals surface area (Å²) in [5.41, 5.74) is 0.513. The second-order valence-electron chi connectivity index (χ2n) is 1.44. The molecule has 0 aliphatic rings. The summed E-state index contributed by atoms with van der Waals surface area (Å²) in [6.45, 7) is 5.08. The summed E-state index contributed by atoms with van der Waals surface area (Å²) in [5.74, 6) is 0.228. The van der Waals surface area contributed by atoms with Gasteiger partial charge in [0.15, 0.2) is 0 Å². The van der Waals surface area contributed by atoms with E-state index in [9.17, 15) is 4.79 Å². The zero-order valence-electron chi connectivity index (χ0n) is 4.77. The van der Waals surface area contributed by atoms with Crippen molar-refractivity contribution < 1.29 is 4.79 Å². The van der Waals surface area contributed by atoms with Gasteiger partial charge in [0.05, 0.1) is 5.88 Å². The van der Waals surface area contributed by atoms with E-state index in [0.29, 0.717) is 11.4 Å². The van der Waals surface area contributed by atoms with Crippen molar-refractivity contribution in [2.24, 2.45) is 0 Å². The Morgan fingerprint density at radius 3 is 2.50 bits per heavy atom. The maximum absolute atomic E-state index is 10.5. The van der Waals surface area contributed by atoms with Crippen LogP contribution in [0.2, 0.25) is 0 Å². The first-order chi connectivity index (χ1) is 3.68. The van der Waals surface area contributed by atoms with Gasteiger partial charge >= 0.3 is 0 Å². The minimum absolute atomic E-state index is 0.139. The highest BCUT2D eigenvalue weighted by Crippen LogP contribution is 1.84. The Hall–Kier alpha value is -0.440. The van der Waals surface area contributed by atoms with Gasteiger partial charge in [-0.1, -0.05) is 6.58 Å². The highest BCUT2D eigenvalue weighted by Gasteiger charge is 1.95. The molecule has 3 heteroatoms. The minimum Gasteiger partial charge on any atom is -0.344 e. The first-order valence-corrected chi connectivity index (χ1v) is 2.86. The smallest absolute Gasteiger partial charge is 0.246 e. The molecule has 2 nitrogen and oxygen atoms in total. The summed E-state index contributed by atoms with van der Waals surface area (Å²) >= 11 is 3.78. The molecule has 0 unspecified atom stereocenters. The van der Waals surface area contributed by atoms with Crippen molar-refractivity contribution in [3.05, 3.63) is 12.2 Å². The number of carbonyl (C=O) groups is 1. The predicted molar refractivity (Wildman–Crippen MR) is 36.8 cm³/mol. The third-order valence-corrected chi connectivity index (χ3v) is 0.785. The lowest BCUT2D eigenvalue weighted by molar-refractivity contribution is -0.117. The van der Waals surface area contributed by atoms with E-state index in [1.54, 1.807) is 6.92 Å². The zero-order valence-corrected chi connectivity index (χ0v) is 5.66. The Balaban J connectivity index is 3.49. The van der Waals surface area contributed by atoms with Crippen molar-refractivity contribution in [2.45, 2.75) is 6.92 Å². The van der Waals surface area contributed by atoms with Crippen LogP contribution in [0.5, 0.6) is 0 Å². The van der Waals surface area contributed by atoms with E-state index >= 15 is 0 Å². The lowest BCUT2D eigenvalue weighted by Gasteiger charge is -1.96. The molecule has 1 amide bonds. The molecule has 8 heavy (non-hydrogen) atoms. The molecule has 0 aromatic carbocycles. The van der Waals surface area contributed by atoms with E-state index in [4.69, 9.17) is 0 Å². The molecule has 0 saturated heterocycles. The number of hydrogen-bond acceptors (Lipinski definition) is 2. The van der Waals surface area contributed by atoms with Gasteiger partial charge in [0.1, 0.15) is 0 Å². The van der Waals surface area contributed by atoms with Crippen LogP contribution >= 0.6 is 12.6 Å². The molecule has 0 aromatic heterocycles. The van der Waals surface area contributed by atoms with Crippen LogP contribution in [0.1, 0.15) is 6.92 Å². The quantitative estimate of drug-likeness (QED) is 0.320. The van der Waals surface area contributed by atoms with Crippen LogP contribution < -0.4 is 5.32 Å². The first kappa shape index (κ1) is 7.56. The van der Waals surface area contributed by atoms with Crippen LogP contribution in [-0.2, 0) is 4.79 Å². The molecular weight excluding hydrogens is 122 g/mol. The minimum atomic E-state index is -0.139. The highest BCUT2D eigenvalue weighted by molar-refractivity contribution is 7.80. The summed E-state index contributed by atoms with van der Waals surface area (Å²) in [6.07, 6.45) is 0. The average molecular weight is 131 g/mol. The molecule has 0 heterocycles. The fourth-order valence-electron chi connectivity index (χ4n) is 0.223. The van der Waals surface area contributed by atoms with Crippen LogP contribution in [0.4, 0.5) is 0 Å². The average Bonchev–Trinajstić information content (AvgIpc) is 1.67. The van der Waals surface area contributed by atoms with Crippen LogP contribution in [0.25, 0.3) is 0 Å². The van der Waals surface area contributed by atoms with Crippen molar-refractivity contribution in [2.75, 3.05) is 5.88 Å². The molecular formula is C5H9NOS. The third-order valence-electron chi connectivity index (χ3n) is 0.627.